The highest BCUT2D eigenvalue weighted by atomic mass is 16.5. The van der Waals surface area contributed by atoms with Crippen molar-refractivity contribution in [2.75, 3.05) is 30.9 Å². The minimum atomic E-state index is -0.714. The van der Waals surface area contributed by atoms with Crippen molar-refractivity contribution >= 4 is 28.9 Å². The van der Waals surface area contributed by atoms with Gasteiger partial charge in [-0.2, -0.15) is 0 Å². The van der Waals surface area contributed by atoms with Gasteiger partial charge in [0.15, 0.2) is 11.6 Å². The summed E-state index contributed by atoms with van der Waals surface area (Å²) in [5, 5.41) is 6.54. The van der Waals surface area contributed by atoms with Crippen LogP contribution in [0.4, 0.5) is 11.4 Å². The smallest absolute Gasteiger partial charge is 0.328 e. The van der Waals surface area contributed by atoms with Crippen molar-refractivity contribution < 1.29 is 23.9 Å². The van der Waals surface area contributed by atoms with Gasteiger partial charge in [0.1, 0.15) is 18.4 Å². The average Bonchev–Trinajstić information content (AvgIpc) is 3.10. The highest BCUT2D eigenvalue weighted by Crippen LogP contribution is 2.23. The summed E-state index contributed by atoms with van der Waals surface area (Å²) in [6.07, 6.45) is 0.342. The Hall–Kier alpha value is -5.69. The normalized spacial score (nSPS) is 11.2. The minimum Gasteiger partial charge on any atom is -0.492 e. The first-order valence-electron chi connectivity index (χ1n) is 14.7. The van der Waals surface area contributed by atoms with E-state index in [9.17, 15) is 14.4 Å². The molecule has 0 amide bonds. The van der Waals surface area contributed by atoms with Gasteiger partial charge in [0.2, 0.25) is 0 Å². The van der Waals surface area contributed by atoms with E-state index in [0.29, 0.717) is 53.3 Å². The Bertz CT molecular complexity index is 1740. The SMILES string of the molecule is COC(=O)C(Cc1ccc(OCCNc2ccccc2C(=O)c2ccccc2)cc1)Nc1ccccc1C(=O)c1ccccc1. The lowest BCUT2D eigenvalue weighted by Gasteiger charge is -2.20. The van der Waals surface area contributed by atoms with Crippen molar-refractivity contribution in [3.63, 3.8) is 0 Å². The first kappa shape index (κ1) is 30.8. The maximum Gasteiger partial charge on any atom is 0.328 e. The monoisotopic (exact) mass is 598 g/mol. The van der Waals surface area contributed by atoms with Gasteiger partial charge in [-0.05, 0) is 42.0 Å². The van der Waals surface area contributed by atoms with Gasteiger partial charge in [-0.25, -0.2) is 4.79 Å². The number of carbonyl (C=O) groups excluding carboxylic acids is 3. The summed E-state index contributed by atoms with van der Waals surface area (Å²) in [7, 11) is 1.35. The second-order valence-corrected chi connectivity index (χ2v) is 10.3. The van der Waals surface area contributed by atoms with Gasteiger partial charge in [-0.3, -0.25) is 9.59 Å². The number of rotatable bonds is 14. The van der Waals surface area contributed by atoms with Crippen LogP contribution in [-0.2, 0) is 16.0 Å². The van der Waals surface area contributed by atoms with Crippen LogP contribution in [-0.4, -0.2) is 43.8 Å². The standard InChI is InChI=1S/C38H34N2O5/c1-44-38(43)35(40-34-19-11-9-17-32(34)37(42)29-14-6-3-7-15-29)26-27-20-22-30(23-21-27)45-25-24-39-33-18-10-8-16-31(33)36(41)28-12-4-2-5-13-28/h2-23,35,39-40H,24-26H2,1H3. The molecule has 45 heavy (non-hydrogen) atoms. The summed E-state index contributed by atoms with van der Waals surface area (Å²) in [6.45, 7) is 0.877. The molecular formula is C38H34N2O5. The zero-order valence-electron chi connectivity index (χ0n) is 24.9. The summed E-state index contributed by atoms with van der Waals surface area (Å²) < 4.78 is 11.0. The molecule has 0 aliphatic heterocycles. The number of methoxy groups -OCH3 is 1. The topological polar surface area (TPSA) is 93.7 Å². The van der Waals surface area contributed by atoms with Crippen LogP contribution in [0.1, 0.15) is 37.4 Å². The third-order valence-corrected chi connectivity index (χ3v) is 7.28. The highest BCUT2D eigenvalue weighted by molar-refractivity contribution is 6.13. The van der Waals surface area contributed by atoms with E-state index in [1.54, 1.807) is 42.5 Å². The van der Waals surface area contributed by atoms with Crippen LogP contribution >= 0.6 is 0 Å². The van der Waals surface area contributed by atoms with Crippen molar-refractivity contribution in [1.29, 1.82) is 0 Å². The van der Waals surface area contributed by atoms with Crippen molar-refractivity contribution in [1.82, 2.24) is 0 Å². The number of esters is 1. The van der Waals surface area contributed by atoms with Gasteiger partial charge < -0.3 is 20.1 Å². The molecule has 0 saturated carbocycles. The summed E-state index contributed by atoms with van der Waals surface area (Å²) in [5.74, 6) is 0.0656. The molecular weight excluding hydrogens is 564 g/mol. The van der Waals surface area contributed by atoms with Crippen LogP contribution < -0.4 is 15.4 Å². The Morgan fingerprint density at radius 3 is 1.71 bits per heavy atom. The Morgan fingerprint density at radius 1 is 0.622 bits per heavy atom. The molecule has 0 fully saturated rings. The lowest BCUT2D eigenvalue weighted by molar-refractivity contribution is -0.141. The summed E-state index contributed by atoms with van der Waals surface area (Å²) in [4.78, 5) is 38.9. The number of para-hydroxylation sites is 2. The first-order chi connectivity index (χ1) is 22.0. The summed E-state index contributed by atoms with van der Waals surface area (Å²) >= 11 is 0. The van der Waals surface area contributed by atoms with Gasteiger partial charge in [-0.1, -0.05) is 97.1 Å². The van der Waals surface area contributed by atoms with Crippen LogP contribution in [0.15, 0.2) is 133 Å². The molecule has 0 aliphatic carbocycles. The van der Waals surface area contributed by atoms with Gasteiger partial charge in [-0.15, -0.1) is 0 Å². The highest BCUT2D eigenvalue weighted by Gasteiger charge is 2.22. The average molecular weight is 599 g/mol. The van der Waals surface area contributed by atoms with Crippen LogP contribution in [0.2, 0.25) is 0 Å². The second kappa shape index (κ2) is 15.2. The van der Waals surface area contributed by atoms with Crippen molar-refractivity contribution in [3.8, 4) is 5.75 Å². The van der Waals surface area contributed by atoms with Gasteiger partial charge in [0, 0.05) is 46.6 Å². The Balaban J connectivity index is 1.18. The molecule has 0 heterocycles. The lowest BCUT2D eigenvalue weighted by atomic mass is 10.00. The fraction of sp³-hybridized carbons (Fsp3) is 0.132. The molecule has 5 rings (SSSR count). The molecule has 0 spiro atoms. The number of ether oxygens (including phenoxy) is 2. The maximum absolute atomic E-state index is 13.2. The molecule has 0 aromatic heterocycles. The first-order valence-corrected chi connectivity index (χ1v) is 14.7. The zero-order valence-corrected chi connectivity index (χ0v) is 24.9. The molecule has 7 nitrogen and oxygen atoms in total. The molecule has 5 aromatic rings. The van der Waals surface area contributed by atoms with Gasteiger partial charge in [0.05, 0.1) is 7.11 Å². The molecule has 5 aromatic carbocycles. The Morgan fingerprint density at radius 2 is 1.13 bits per heavy atom. The van der Waals surface area contributed by atoms with Crippen LogP contribution in [0.3, 0.4) is 0 Å². The molecule has 0 bridgehead atoms. The number of carbonyl (C=O) groups is 3. The molecule has 7 heteroatoms. The molecule has 1 atom stereocenters. The zero-order chi connectivity index (χ0) is 31.4. The van der Waals surface area contributed by atoms with Gasteiger partial charge in [0.25, 0.3) is 0 Å². The van der Waals surface area contributed by atoms with Crippen LogP contribution in [0.5, 0.6) is 5.75 Å². The van der Waals surface area contributed by atoms with Crippen molar-refractivity contribution in [2.24, 2.45) is 0 Å². The maximum atomic E-state index is 13.2. The third kappa shape index (κ3) is 8.03. The number of hydrogen-bond donors (Lipinski definition) is 2. The van der Waals surface area contributed by atoms with E-state index in [0.717, 1.165) is 11.3 Å². The molecule has 0 radical (unpaired) electrons. The molecule has 1 unspecified atom stereocenters. The summed E-state index contributed by atoms with van der Waals surface area (Å²) in [5.41, 5.74) is 4.48. The van der Waals surface area contributed by atoms with Crippen LogP contribution in [0.25, 0.3) is 0 Å². The predicted octanol–water partition coefficient (Wildman–Crippen LogP) is 6.84. The van der Waals surface area contributed by atoms with Gasteiger partial charge >= 0.3 is 5.97 Å². The quantitative estimate of drug-likeness (QED) is 0.0822. The molecule has 0 saturated heterocycles. The Kier molecular flexibility index (Phi) is 10.4. The number of anilines is 2. The molecule has 0 aliphatic rings. The fourth-order valence-corrected chi connectivity index (χ4v) is 4.97. The second-order valence-electron chi connectivity index (χ2n) is 10.3. The summed E-state index contributed by atoms with van der Waals surface area (Å²) in [6, 6.07) is 39.6. The third-order valence-electron chi connectivity index (χ3n) is 7.28. The number of benzene rings is 5. The lowest BCUT2D eigenvalue weighted by Crippen LogP contribution is -2.33. The van der Waals surface area contributed by atoms with E-state index < -0.39 is 12.0 Å². The fourth-order valence-electron chi connectivity index (χ4n) is 4.97. The van der Waals surface area contributed by atoms with E-state index in [4.69, 9.17) is 9.47 Å². The van der Waals surface area contributed by atoms with E-state index in [2.05, 4.69) is 10.6 Å². The number of ketones is 2. The number of hydrogen-bond acceptors (Lipinski definition) is 7. The Labute approximate surface area is 262 Å². The van der Waals surface area contributed by atoms with E-state index in [-0.39, 0.29) is 11.6 Å². The van der Waals surface area contributed by atoms with E-state index >= 15 is 0 Å². The van der Waals surface area contributed by atoms with E-state index in [1.165, 1.54) is 7.11 Å². The molecule has 2 N–H and O–H groups in total. The van der Waals surface area contributed by atoms with E-state index in [1.807, 2.05) is 91.0 Å². The predicted molar refractivity (Wildman–Crippen MR) is 176 cm³/mol. The minimum absolute atomic E-state index is 0.0405. The van der Waals surface area contributed by atoms with Crippen LogP contribution in [0, 0.1) is 0 Å². The van der Waals surface area contributed by atoms with Crippen molar-refractivity contribution in [3.05, 3.63) is 161 Å². The number of nitrogens with one attached hydrogen (secondary N) is 2. The van der Waals surface area contributed by atoms with Crippen molar-refractivity contribution in [2.45, 2.75) is 12.5 Å². The molecule has 226 valence electrons. The largest absolute Gasteiger partial charge is 0.492 e.